The predicted octanol–water partition coefficient (Wildman–Crippen LogP) is 1.62. The second-order valence-corrected chi connectivity index (χ2v) is 4.80. The minimum atomic E-state index is -0.635. The second kappa shape index (κ2) is 5.12. The van der Waals surface area contributed by atoms with Gasteiger partial charge in [-0.15, -0.1) is 0 Å². The monoisotopic (exact) mass is 272 g/mol. The number of carbonyl (C=O) groups excluding carboxylic acids is 1. The summed E-state index contributed by atoms with van der Waals surface area (Å²) in [5.74, 6) is -1.40. The number of nitrogens with zero attached hydrogens (tertiary/aromatic N) is 1. The normalized spacial score (nSPS) is 19.9. The molecule has 0 aromatic heterocycles. The summed E-state index contributed by atoms with van der Waals surface area (Å²) in [6.07, 6.45) is 0. The molecule has 1 aromatic carbocycles. The fraction of sp³-hybridized carbons (Fsp3) is 0.417. The van der Waals surface area contributed by atoms with E-state index in [0.29, 0.717) is 19.6 Å². The van der Waals surface area contributed by atoms with E-state index in [2.05, 4.69) is 5.32 Å². The number of carbonyl (C=O) groups is 1. The molecule has 1 aliphatic rings. The highest BCUT2D eigenvalue weighted by Gasteiger charge is 2.25. The number of aromatic hydroxyl groups is 1. The van der Waals surface area contributed by atoms with Gasteiger partial charge in [-0.1, -0.05) is 11.6 Å². The largest absolute Gasteiger partial charge is 0.506 e. The first-order valence-electron chi connectivity index (χ1n) is 5.69. The Morgan fingerprint density at radius 3 is 3.00 bits per heavy atom. The van der Waals surface area contributed by atoms with E-state index >= 15 is 0 Å². The van der Waals surface area contributed by atoms with Crippen LogP contribution in [-0.4, -0.2) is 41.6 Å². The van der Waals surface area contributed by atoms with Gasteiger partial charge < -0.3 is 15.3 Å². The van der Waals surface area contributed by atoms with Gasteiger partial charge in [-0.05, 0) is 19.1 Å². The lowest BCUT2D eigenvalue weighted by Gasteiger charge is -2.32. The van der Waals surface area contributed by atoms with E-state index in [0.717, 1.165) is 12.1 Å². The maximum Gasteiger partial charge on any atom is 0.257 e. The third-order valence-corrected chi connectivity index (χ3v) is 3.20. The summed E-state index contributed by atoms with van der Waals surface area (Å²) in [4.78, 5) is 13.8. The molecule has 1 amide bonds. The summed E-state index contributed by atoms with van der Waals surface area (Å²) in [7, 11) is 0. The molecule has 0 aliphatic carbocycles. The molecule has 0 radical (unpaired) electrons. The van der Waals surface area contributed by atoms with Crippen LogP contribution in [0.15, 0.2) is 12.1 Å². The summed E-state index contributed by atoms with van der Waals surface area (Å²) < 4.78 is 13.2. The number of nitrogens with one attached hydrogen (secondary N) is 1. The van der Waals surface area contributed by atoms with E-state index in [1.807, 2.05) is 6.92 Å². The van der Waals surface area contributed by atoms with Crippen LogP contribution in [0.3, 0.4) is 0 Å². The van der Waals surface area contributed by atoms with Crippen LogP contribution in [-0.2, 0) is 0 Å². The Morgan fingerprint density at radius 2 is 2.33 bits per heavy atom. The number of benzene rings is 1. The van der Waals surface area contributed by atoms with Gasteiger partial charge in [0.15, 0.2) is 0 Å². The van der Waals surface area contributed by atoms with Crippen molar-refractivity contribution in [1.29, 1.82) is 0 Å². The van der Waals surface area contributed by atoms with Crippen molar-refractivity contribution in [2.24, 2.45) is 0 Å². The average molecular weight is 273 g/mol. The van der Waals surface area contributed by atoms with Crippen LogP contribution in [0.25, 0.3) is 0 Å². The zero-order chi connectivity index (χ0) is 13.3. The van der Waals surface area contributed by atoms with Crippen molar-refractivity contribution in [3.8, 4) is 5.75 Å². The fourth-order valence-electron chi connectivity index (χ4n) is 2.02. The van der Waals surface area contributed by atoms with E-state index in [-0.39, 0.29) is 22.4 Å². The maximum absolute atomic E-state index is 13.2. The summed E-state index contributed by atoms with van der Waals surface area (Å²) in [5, 5.41) is 12.8. The molecule has 1 heterocycles. The Bertz CT molecular complexity index is 481. The van der Waals surface area contributed by atoms with Crippen molar-refractivity contribution in [3.05, 3.63) is 28.5 Å². The number of hydrogen-bond acceptors (Lipinski definition) is 3. The first-order chi connectivity index (χ1) is 8.49. The molecule has 18 heavy (non-hydrogen) atoms. The van der Waals surface area contributed by atoms with Crippen molar-refractivity contribution in [2.45, 2.75) is 13.0 Å². The fourth-order valence-corrected chi connectivity index (χ4v) is 2.22. The quantitative estimate of drug-likeness (QED) is 0.817. The van der Waals surface area contributed by atoms with Gasteiger partial charge in [0, 0.05) is 25.7 Å². The minimum absolute atomic E-state index is 0.0888. The van der Waals surface area contributed by atoms with Gasteiger partial charge >= 0.3 is 0 Å². The zero-order valence-corrected chi connectivity index (χ0v) is 10.7. The van der Waals surface area contributed by atoms with E-state index < -0.39 is 11.7 Å². The van der Waals surface area contributed by atoms with Crippen LogP contribution < -0.4 is 5.32 Å². The Morgan fingerprint density at radius 1 is 1.61 bits per heavy atom. The lowest BCUT2D eigenvalue weighted by Crippen LogP contribution is -2.51. The molecule has 4 nitrogen and oxygen atoms in total. The molecule has 1 atom stereocenters. The average Bonchev–Trinajstić information content (AvgIpc) is 2.33. The van der Waals surface area contributed by atoms with Crippen LogP contribution in [0.2, 0.25) is 5.02 Å². The maximum atomic E-state index is 13.2. The topological polar surface area (TPSA) is 52.6 Å². The summed E-state index contributed by atoms with van der Waals surface area (Å²) >= 11 is 5.66. The van der Waals surface area contributed by atoms with Crippen LogP contribution in [0.5, 0.6) is 5.75 Å². The summed E-state index contributed by atoms with van der Waals surface area (Å²) in [5.41, 5.74) is -0.0888. The number of halogens is 2. The molecule has 2 rings (SSSR count). The summed E-state index contributed by atoms with van der Waals surface area (Å²) in [6, 6.07) is 2.17. The molecule has 98 valence electrons. The molecule has 1 aromatic rings. The van der Waals surface area contributed by atoms with Crippen molar-refractivity contribution in [1.82, 2.24) is 10.2 Å². The number of phenolic OH excluding ortho intramolecular Hbond substituents is 1. The Labute approximate surface area is 109 Å². The van der Waals surface area contributed by atoms with E-state index in [9.17, 15) is 14.3 Å². The highest BCUT2D eigenvalue weighted by molar-refractivity contribution is 6.32. The SMILES string of the molecule is C[C@@H]1CN(C(=O)c2cc(F)cc(Cl)c2O)CCN1. The lowest BCUT2D eigenvalue weighted by molar-refractivity contribution is 0.0705. The number of rotatable bonds is 1. The van der Waals surface area contributed by atoms with Crippen LogP contribution >= 0.6 is 11.6 Å². The third kappa shape index (κ3) is 2.57. The number of amides is 1. The van der Waals surface area contributed by atoms with E-state index in [1.54, 1.807) is 4.90 Å². The van der Waals surface area contributed by atoms with Crippen molar-refractivity contribution < 1.29 is 14.3 Å². The first kappa shape index (κ1) is 13.1. The molecule has 0 bridgehead atoms. The molecule has 0 spiro atoms. The molecular formula is C12H14ClFN2O2. The van der Waals surface area contributed by atoms with E-state index in [1.165, 1.54) is 0 Å². The molecule has 2 N–H and O–H groups in total. The highest BCUT2D eigenvalue weighted by atomic mass is 35.5. The molecule has 1 fully saturated rings. The molecule has 1 saturated heterocycles. The summed E-state index contributed by atoms with van der Waals surface area (Å²) in [6.45, 7) is 3.68. The predicted molar refractivity (Wildman–Crippen MR) is 66.4 cm³/mol. The van der Waals surface area contributed by atoms with Crippen molar-refractivity contribution in [2.75, 3.05) is 19.6 Å². The van der Waals surface area contributed by atoms with Crippen LogP contribution in [0.1, 0.15) is 17.3 Å². The molecule has 0 saturated carbocycles. The minimum Gasteiger partial charge on any atom is -0.506 e. The lowest BCUT2D eigenvalue weighted by atomic mass is 10.1. The van der Waals surface area contributed by atoms with Gasteiger partial charge in [-0.25, -0.2) is 4.39 Å². The first-order valence-corrected chi connectivity index (χ1v) is 6.07. The Hall–Kier alpha value is -1.33. The van der Waals surface area contributed by atoms with Crippen molar-refractivity contribution >= 4 is 17.5 Å². The third-order valence-electron chi connectivity index (χ3n) is 2.91. The van der Waals surface area contributed by atoms with Crippen LogP contribution in [0.4, 0.5) is 4.39 Å². The molecule has 6 heteroatoms. The Balaban J connectivity index is 2.28. The zero-order valence-electron chi connectivity index (χ0n) is 9.91. The van der Waals surface area contributed by atoms with E-state index in [4.69, 9.17) is 11.6 Å². The van der Waals surface area contributed by atoms with Crippen molar-refractivity contribution in [3.63, 3.8) is 0 Å². The standard InChI is InChI=1S/C12H14ClFN2O2/c1-7-6-16(3-2-15-7)12(18)9-4-8(14)5-10(13)11(9)17/h4-5,7,15,17H,2-3,6H2,1H3/t7-/m1/s1. The molecule has 1 aliphatic heterocycles. The number of hydrogen-bond donors (Lipinski definition) is 2. The highest BCUT2D eigenvalue weighted by Crippen LogP contribution is 2.29. The van der Waals surface area contributed by atoms with Gasteiger partial charge in [0.25, 0.3) is 5.91 Å². The van der Waals surface area contributed by atoms with Gasteiger partial charge in [0.05, 0.1) is 10.6 Å². The van der Waals surface area contributed by atoms with Gasteiger partial charge in [-0.3, -0.25) is 4.79 Å². The Kier molecular flexibility index (Phi) is 3.73. The smallest absolute Gasteiger partial charge is 0.257 e. The van der Waals surface area contributed by atoms with Gasteiger partial charge in [-0.2, -0.15) is 0 Å². The molecular weight excluding hydrogens is 259 g/mol. The van der Waals surface area contributed by atoms with Gasteiger partial charge in [0.2, 0.25) is 0 Å². The van der Waals surface area contributed by atoms with Crippen LogP contribution in [0, 0.1) is 5.82 Å². The second-order valence-electron chi connectivity index (χ2n) is 4.39. The molecule has 0 unspecified atom stereocenters. The number of piperazine rings is 1. The van der Waals surface area contributed by atoms with Gasteiger partial charge in [0.1, 0.15) is 11.6 Å². The number of phenols is 1.